The monoisotopic (exact) mass is 260 g/mol. The van der Waals surface area contributed by atoms with Gasteiger partial charge in [0, 0.05) is 19.1 Å². The summed E-state index contributed by atoms with van der Waals surface area (Å²) in [4.78, 5) is 2.67. The number of nitrogens with zero attached hydrogens (tertiary/aromatic N) is 1. The van der Waals surface area contributed by atoms with Crippen LogP contribution in [0.4, 0.5) is 0 Å². The third kappa shape index (κ3) is 3.58. The highest BCUT2D eigenvalue weighted by Gasteiger charge is 2.24. The summed E-state index contributed by atoms with van der Waals surface area (Å²) in [5.74, 6) is 0.781. The molecule has 2 atom stereocenters. The zero-order valence-corrected chi connectivity index (χ0v) is 12.7. The molecule has 0 bridgehead atoms. The van der Waals surface area contributed by atoms with Crippen molar-refractivity contribution in [3.63, 3.8) is 0 Å². The van der Waals surface area contributed by atoms with Gasteiger partial charge >= 0.3 is 0 Å². The van der Waals surface area contributed by atoms with Crippen molar-refractivity contribution in [2.45, 2.75) is 46.2 Å². The van der Waals surface area contributed by atoms with E-state index in [1.807, 2.05) is 0 Å². The van der Waals surface area contributed by atoms with Crippen molar-refractivity contribution in [2.75, 3.05) is 19.6 Å². The van der Waals surface area contributed by atoms with E-state index in [0.29, 0.717) is 6.04 Å². The van der Waals surface area contributed by atoms with Gasteiger partial charge in [0.05, 0.1) is 0 Å². The van der Waals surface area contributed by atoms with Crippen LogP contribution in [0.5, 0.6) is 0 Å². The normalized spacial score (nSPS) is 20.9. The lowest BCUT2D eigenvalue weighted by molar-refractivity contribution is 0.171. The average Bonchev–Trinajstić information content (AvgIpc) is 2.67. The highest BCUT2D eigenvalue weighted by atomic mass is 15.2. The SMILES string of the molecule is CCC(C)CN(CC)C1CCNCc2ccccc21. The zero-order valence-electron chi connectivity index (χ0n) is 12.7. The van der Waals surface area contributed by atoms with Gasteiger partial charge in [-0.1, -0.05) is 51.5 Å². The first-order valence-corrected chi connectivity index (χ1v) is 7.78. The highest BCUT2D eigenvalue weighted by molar-refractivity contribution is 5.31. The van der Waals surface area contributed by atoms with Gasteiger partial charge < -0.3 is 5.32 Å². The second-order valence-electron chi connectivity index (χ2n) is 5.78. The quantitative estimate of drug-likeness (QED) is 0.870. The summed E-state index contributed by atoms with van der Waals surface area (Å²) in [6, 6.07) is 9.54. The van der Waals surface area contributed by atoms with E-state index in [1.54, 1.807) is 0 Å². The third-order valence-corrected chi connectivity index (χ3v) is 4.41. The lowest BCUT2D eigenvalue weighted by Gasteiger charge is -2.33. The molecule has 0 aliphatic carbocycles. The molecular weight excluding hydrogens is 232 g/mol. The Hall–Kier alpha value is -0.860. The van der Waals surface area contributed by atoms with Crippen LogP contribution in [0.1, 0.15) is 50.8 Å². The van der Waals surface area contributed by atoms with Crippen molar-refractivity contribution in [3.8, 4) is 0 Å². The molecular formula is C17H28N2. The third-order valence-electron chi connectivity index (χ3n) is 4.41. The molecule has 1 aliphatic rings. The van der Waals surface area contributed by atoms with Crippen LogP contribution in [0.25, 0.3) is 0 Å². The van der Waals surface area contributed by atoms with Crippen molar-refractivity contribution in [3.05, 3.63) is 35.4 Å². The molecule has 0 saturated heterocycles. The van der Waals surface area contributed by atoms with Crippen molar-refractivity contribution in [1.82, 2.24) is 10.2 Å². The topological polar surface area (TPSA) is 15.3 Å². The fraction of sp³-hybridized carbons (Fsp3) is 0.647. The number of hydrogen-bond donors (Lipinski definition) is 1. The van der Waals surface area contributed by atoms with E-state index in [2.05, 4.69) is 55.3 Å². The number of nitrogens with one attached hydrogen (secondary N) is 1. The van der Waals surface area contributed by atoms with E-state index < -0.39 is 0 Å². The molecule has 0 amide bonds. The molecule has 2 unspecified atom stereocenters. The van der Waals surface area contributed by atoms with Crippen molar-refractivity contribution in [2.24, 2.45) is 5.92 Å². The number of fused-ring (bicyclic) bond motifs is 1. The fourth-order valence-corrected chi connectivity index (χ4v) is 3.02. The van der Waals surface area contributed by atoms with Gasteiger partial charge in [0.2, 0.25) is 0 Å². The second kappa shape index (κ2) is 7.06. The average molecular weight is 260 g/mol. The van der Waals surface area contributed by atoms with Crippen LogP contribution in [0.3, 0.4) is 0 Å². The molecule has 1 N–H and O–H groups in total. The first-order valence-electron chi connectivity index (χ1n) is 7.78. The van der Waals surface area contributed by atoms with Gasteiger partial charge in [-0.15, -0.1) is 0 Å². The first-order chi connectivity index (χ1) is 9.26. The number of hydrogen-bond acceptors (Lipinski definition) is 2. The van der Waals surface area contributed by atoms with E-state index in [-0.39, 0.29) is 0 Å². The Morgan fingerprint density at radius 1 is 1.32 bits per heavy atom. The summed E-state index contributed by atoms with van der Waals surface area (Å²) in [6.07, 6.45) is 2.49. The minimum Gasteiger partial charge on any atom is -0.313 e. The summed E-state index contributed by atoms with van der Waals surface area (Å²) in [6.45, 7) is 11.5. The van der Waals surface area contributed by atoms with Gasteiger partial charge in [0.1, 0.15) is 0 Å². The van der Waals surface area contributed by atoms with Crippen molar-refractivity contribution < 1.29 is 0 Å². The minimum atomic E-state index is 0.588. The summed E-state index contributed by atoms with van der Waals surface area (Å²) in [5.41, 5.74) is 3.02. The molecule has 0 spiro atoms. The molecule has 1 aliphatic heterocycles. The summed E-state index contributed by atoms with van der Waals surface area (Å²) in [5, 5.41) is 3.55. The van der Waals surface area contributed by atoms with Crippen LogP contribution >= 0.6 is 0 Å². The molecule has 106 valence electrons. The Balaban J connectivity index is 2.21. The highest BCUT2D eigenvalue weighted by Crippen LogP contribution is 2.29. The van der Waals surface area contributed by atoms with Gasteiger partial charge in [0.15, 0.2) is 0 Å². The van der Waals surface area contributed by atoms with Gasteiger partial charge in [-0.25, -0.2) is 0 Å². The summed E-state index contributed by atoms with van der Waals surface area (Å²) < 4.78 is 0. The zero-order chi connectivity index (χ0) is 13.7. The van der Waals surface area contributed by atoms with Gasteiger partial charge in [-0.05, 0) is 36.6 Å². The molecule has 0 radical (unpaired) electrons. The molecule has 2 nitrogen and oxygen atoms in total. The molecule has 2 heteroatoms. The lowest BCUT2D eigenvalue weighted by Crippen LogP contribution is -2.33. The molecule has 19 heavy (non-hydrogen) atoms. The van der Waals surface area contributed by atoms with Crippen LogP contribution in [-0.2, 0) is 6.54 Å². The van der Waals surface area contributed by atoms with Gasteiger partial charge in [0.25, 0.3) is 0 Å². The van der Waals surface area contributed by atoms with E-state index >= 15 is 0 Å². The minimum absolute atomic E-state index is 0.588. The lowest BCUT2D eigenvalue weighted by atomic mass is 9.96. The molecule has 1 aromatic rings. The largest absolute Gasteiger partial charge is 0.313 e. The Bertz CT molecular complexity index is 389. The first kappa shape index (κ1) is 14.5. The molecule has 2 rings (SSSR count). The van der Waals surface area contributed by atoms with Crippen LogP contribution in [-0.4, -0.2) is 24.5 Å². The molecule has 0 fully saturated rings. The molecule has 1 aromatic carbocycles. The van der Waals surface area contributed by atoms with E-state index in [1.165, 1.54) is 30.5 Å². The summed E-state index contributed by atoms with van der Waals surface area (Å²) >= 11 is 0. The maximum absolute atomic E-state index is 3.55. The summed E-state index contributed by atoms with van der Waals surface area (Å²) in [7, 11) is 0. The van der Waals surface area contributed by atoms with Crippen molar-refractivity contribution >= 4 is 0 Å². The maximum Gasteiger partial charge on any atom is 0.0363 e. The Morgan fingerprint density at radius 3 is 2.84 bits per heavy atom. The molecule has 0 saturated carbocycles. The van der Waals surface area contributed by atoms with Crippen molar-refractivity contribution in [1.29, 1.82) is 0 Å². The predicted octanol–water partition coefficient (Wildman–Crippen LogP) is 3.59. The Kier molecular flexibility index (Phi) is 5.41. The molecule has 1 heterocycles. The predicted molar refractivity (Wildman–Crippen MR) is 82.2 cm³/mol. The Labute approximate surface area is 118 Å². The van der Waals surface area contributed by atoms with Crippen LogP contribution in [0, 0.1) is 5.92 Å². The molecule has 0 aromatic heterocycles. The second-order valence-corrected chi connectivity index (χ2v) is 5.78. The Morgan fingerprint density at radius 2 is 2.11 bits per heavy atom. The van der Waals surface area contributed by atoms with Crippen LogP contribution in [0.2, 0.25) is 0 Å². The van der Waals surface area contributed by atoms with Crippen LogP contribution < -0.4 is 5.32 Å². The van der Waals surface area contributed by atoms with Crippen LogP contribution in [0.15, 0.2) is 24.3 Å². The maximum atomic E-state index is 3.55. The fourth-order valence-electron chi connectivity index (χ4n) is 3.02. The van der Waals surface area contributed by atoms with E-state index in [0.717, 1.165) is 25.6 Å². The standard InChI is InChI=1S/C17H28N2/c1-4-14(3)13-19(5-2)17-10-11-18-12-15-8-6-7-9-16(15)17/h6-9,14,17-18H,4-5,10-13H2,1-3H3. The number of benzene rings is 1. The van der Waals surface area contributed by atoms with E-state index in [4.69, 9.17) is 0 Å². The number of rotatable bonds is 5. The smallest absolute Gasteiger partial charge is 0.0363 e. The van der Waals surface area contributed by atoms with E-state index in [9.17, 15) is 0 Å². The van der Waals surface area contributed by atoms with Gasteiger partial charge in [-0.2, -0.15) is 0 Å². The van der Waals surface area contributed by atoms with Gasteiger partial charge in [-0.3, -0.25) is 4.90 Å².